The van der Waals surface area contributed by atoms with Crippen molar-refractivity contribution in [1.82, 2.24) is 20.1 Å². The van der Waals surface area contributed by atoms with Gasteiger partial charge in [0.15, 0.2) is 11.0 Å². The van der Waals surface area contributed by atoms with Crippen molar-refractivity contribution in [2.75, 3.05) is 11.1 Å². The summed E-state index contributed by atoms with van der Waals surface area (Å²) in [4.78, 5) is 24.8. The molecule has 7 nitrogen and oxygen atoms in total. The number of benzene rings is 2. The van der Waals surface area contributed by atoms with Gasteiger partial charge in [0.1, 0.15) is 5.82 Å². The van der Waals surface area contributed by atoms with E-state index in [0.29, 0.717) is 17.5 Å². The number of allylic oxidation sites excluding steroid dienone is 1. The highest BCUT2D eigenvalue weighted by atomic mass is 32.2. The van der Waals surface area contributed by atoms with Crippen LogP contribution in [0.3, 0.4) is 0 Å². The van der Waals surface area contributed by atoms with Crippen molar-refractivity contribution in [1.29, 1.82) is 0 Å². The first-order valence-corrected chi connectivity index (χ1v) is 11.0. The standard InChI is InChI=1S/C23H24FN5O2S/c1-4-12-29-21(16(3)25-22(31)18-10-5-6-11-19(18)24)27-28-23(29)32-14-20(30)26-17-9-7-8-15(2)13-17/h4-11,13,16H,1,12,14H2,2-3H3,(H,25,31)(H,26,30)/t16-/m0/s1. The maximum Gasteiger partial charge on any atom is 0.254 e. The van der Waals surface area contributed by atoms with E-state index in [1.54, 1.807) is 23.6 Å². The summed E-state index contributed by atoms with van der Waals surface area (Å²) in [5.74, 6) is -0.692. The second kappa shape index (κ2) is 10.7. The molecule has 32 heavy (non-hydrogen) atoms. The number of carbonyl (C=O) groups is 2. The van der Waals surface area contributed by atoms with Crippen LogP contribution in [-0.4, -0.2) is 32.3 Å². The van der Waals surface area contributed by atoms with Crippen LogP contribution in [0.2, 0.25) is 0 Å². The van der Waals surface area contributed by atoms with Gasteiger partial charge in [-0.25, -0.2) is 4.39 Å². The smallest absolute Gasteiger partial charge is 0.254 e. The topological polar surface area (TPSA) is 88.9 Å². The molecule has 0 unspecified atom stereocenters. The first-order valence-electron chi connectivity index (χ1n) is 9.97. The van der Waals surface area contributed by atoms with Crippen molar-refractivity contribution in [2.45, 2.75) is 31.6 Å². The summed E-state index contributed by atoms with van der Waals surface area (Å²) in [6.45, 7) is 7.84. The summed E-state index contributed by atoms with van der Waals surface area (Å²) in [5.41, 5.74) is 1.74. The molecule has 3 aromatic rings. The summed E-state index contributed by atoms with van der Waals surface area (Å²) in [5, 5.41) is 14.5. The lowest BCUT2D eigenvalue weighted by molar-refractivity contribution is -0.113. The van der Waals surface area contributed by atoms with Gasteiger partial charge >= 0.3 is 0 Å². The zero-order valence-electron chi connectivity index (χ0n) is 17.8. The molecule has 1 heterocycles. The molecule has 3 rings (SSSR count). The fourth-order valence-corrected chi connectivity index (χ4v) is 3.82. The van der Waals surface area contributed by atoms with E-state index in [1.807, 2.05) is 31.2 Å². The number of aryl methyl sites for hydroxylation is 1. The number of hydrogen-bond donors (Lipinski definition) is 2. The van der Waals surface area contributed by atoms with E-state index in [0.717, 1.165) is 11.3 Å². The highest BCUT2D eigenvalue weighted by Crippen LogP contribution is 2.22. The number of amides is 2. The van der Waals surface area contributed by atoms with Crippen LogP contribution in [0.4, 0.5) is 10.1 Å². The largest absolute Gasteiger partial charge is 0.342 e. The maximum atomic E-state index is 13.9. The van der Waals surface area contributed by atoms with Gasteiger partial charge in [0.2, 0.25) is 5.91 Å². The van der Waals surface area contributed by atoms with E-state index < -0.39 is 17.8 Å². The second-order valence-electron chi connectivity index (χ2n) is 7.12. The number of aromatic nitrogens is 3. The van der Waals surface area contributed by atoms with Crippen LogP contribution in [0, 0.1) is 12.7 Å². The van der Waals surface area contributed by atoms with Crippen molar-refractivity contribution < 1.29 is 14.0 Å². The van der Waals surface area contributed by atoms with Gasteiger partial charge in [-0.2, -0.15) is 0 Å². The fraction of sp³-hybridized carbons (Fsp3) is 0.217. The van der Waals surface area contributed by atoms with Crippen LogP contribution < -0.4 is 10.6 Å². The lowest BCUT2D eigenvalue weighted by atomic mass is 10.2. The van der Waals surface area contributed by atoms with Gasteiger partial charge in [-0.15, -0.1) is 16.8 Å². The Hall–Kier alpha value is -3.46. The van der Waals surface area contributed by atoms with Crippen LogP contribution in [0.1, 0.15) is 34.7 Å². The van der Waals surface area contributed by atoms with Gasteiger partial charge in [0.25, 0.3) is 5.91 Å². The van der Waals surface area contributed by atoms with E-state index in [2.05, 4.69) is 27.4 Å². The Balaban J connectivity index is 1.67. The average Bonchev–Trinajstić information content (AvgIpc) is 3.15. The molecular formula is C23H24FN5O2S. The summed E-state index contributed by atoms with van der Waals surface area (Å²) in [6, 6.07) is 12.8. The highest BCUT2D eigenvalue weighted by molar-refractivity contribution is 7.99. The minimum absolute atomic E-state index is 0.0449. The molecule has 0 aliphatic carbocycles. The zero-order valence-corrected chi connectivity index (χ0v) is 18.7. The maximum absolute atomic E-state index is 13.9. The number of nitrogens with zero attached hydrogens (tertiary/aromatic N) is 3. The molecule has 9 heteroatoms. The highest BCUT2D eigenvalue weighted by Gasteiger charge is 2.21. The molecule has 166 valence electrons. The Morgan fingerprint density at radius 2 is 2.00 bits per heavy atom. The van der Waals surface area contributed by atoms with Crippen molar-refractivity contribution >= 4 is 29.3 Å². The molecule has 2 aromatic carbocycles. The first kappa shape index (κ1) is 23.2. The molecule has 2 amide bonds. The minimum Gasteiger partial charge on any atom is -0.342 e. The number of anilines is 1. The zero-order chi connectivity index (χ0) is 23.1. The molecule has 1 atom stereocenters. The van der Waals surface area contributed by atoms with Crippen molar-refractivity contribution in [3.05, 3.63) is 84.0 Å². The lowest BCUT2D eigenvalue weighted by Gasteiger charge is -2.15. The van der Waals surface area contributed by atoms with Crippen LogP contribution >= 0.6 is 11.8 Å². The van der Waals surface area contributed by atoms with Crippen molar-refractivity contribution in [3.63, 3.8) is 0 Å². The first-order chi connectivity index (χ1) is 15.4. The monoisotopic (exact) mass is 453 g/mol. The molecule has 0 radical (unpaired) electrons. The predicted molar refractivity (Wildman–Crippen MR) is 123 cm³/mol. The molecular weight excluding hydrogens is 429 g/mol. The van der Waals surface area contributed by atoms with Gasteiger partial charge in [-0.1, -0.05) is 42.1 Å². The molecule has 0 saturated carbocycles. The summed E-state index contributed by atoms with van der Waals surface area (Å²) in [6.07, 6.45) is 1.68. The molecule has 0 bridgehead atoms. The number of carbonyl (C=O) groups excluding carboxylic acids is 2. The third-order valence-corrected chi connectivity index (χ3v) is 5.51. The molecule has 0 aliphatic rings. The van der Waals surface area contributed by atoms with Crippen molar-refractivity contribution in [3.8, 4) is 0 Å². The predicted octanol–water partition coefficient (Wildman–Crippen LogP) is 4.13. The number of thioether (sulfide) groups is 1. The number of hydrogen-bond acceptors (Lipinski definition) is 5. The summed E-state index contributed by atoms with van der Waals surface area (Å²) in [7, 11) is 0. The minimum atomic E-state index is -0.597. The van der Waals surface area contributed by atoms with E-state index in [-0.39, 0.29) is 17.2 Å². The van der Waals surface area contributed by atoms with E-state index in [1.165, 1.54) is 30.0 Å². The molecule has 0 spiro atoms. The van der Waals surface area contributed by atoms with Gasteiger partial charge in [0, 0.05) is 12.2 Å². The Kier molecular flexibility index (Phi) is 7.77. The average molecular weight is 454 g/mol. The van der Waals surface area contributed by atoms with E-state index in [9.17, 15) is 14.0 Å². The third-order valence-electron chi connectivity index (χ3n) is 4.54. The lowest BCUT2D eigenvalue weighted by Crippen LogP contribution is -2.29. The second-order valence-corrected chi connectivity index (χ2v) is 8.06. The van der Waals surface area contributed by atoms with E-state index >= 15 is 0 Å². The van der Waals surface area contributed by atoms with Crippen molar-refractivity contribution in [2.24, 2.45) is 0 Å². The fourth-order valence-electron chi connectivity index (χ4n) is 3.06. The Morgan fingerprint density at radius 3 is 2.72 bits per heavy atom. The van der Waals surface area contributed by atoms with Crippen LogP contribution in [-0.2, 0) is 11.3 Å². The van der Waals surface area contributed by atoms with E-state index in [4.69, 9.17) is 0 Å². The normalized spacial score (nSPS) is 11.6. The third kappa shape index (κ3) is 5.82. The summed E-state index contributed by atoms with van der Waals surface area (Å²) < 4.78 is 15.7. The van der Waals surface area contributed by atoms with Gasteiger partial charge in [-0.05, 0) is 43.7 Å². The van der Waals surface area contributed by atoms with Gasteiger partial charge in [0.05, 0.1) is 17.4 Å². The quantitative estimate of drug-likeness (QED) is 0.376. The number of rotatable bonds is 9. The van der Waals surface area contributed by atoms with Gasteiger partial charge < -0.3 is 15.2 Å². The van der Waals surface area contributed by atoms with Gasteiger partial charge in [-0.3, -0.25) is 9.59 Å². The molecule has 0 saturated heterocycles. The van der Waals surface area contributed by atoms with Crippen LogP contribution in [0.25, 0.3) is 0 Å². The summed E-state index contributed by atoms with van der Waals surface area (Å²) >= 11 is 1.23. The van der Waals surface area contributed by atoms with Crippen LogP contribution in [0.15, 0.2) is 66.3 Å². The molecule has 2 N–H and O–H groups in total. The molecule has 0 aliphatic heterocycles. The SMILES string of the molecule is C=CCn1c(SCC(=O)Nc2cccc(C)c2)nnc1[C@H](C)NC(=O)c1ccccc1F. The molecule has 1 aromatic heterocycles. The Morgan fingerprint density at radius 1 is 1.22 bits per heavy atom. The Bertz CT molecular complexity index is 1130. The van der Waals surface area contributed by atoms with Crippen LogP contribution in [0.5, 0.6) is 0 Å². The number of halogens is 1. The molecule has 0 fully saturated rings. The number of nitrogens with one attached hydrogen (secondary N) is 2. The Labute approximate surface area is 190 Å².